The summed E-state index contributed by atoms with van der Waals surface area (Å²) >= 11 is 0. The first-order valence-corrected chi connectivity index (χ1v) is 8.21. The van der Waals surface area contributed by atoms with E-state index in [9.17, 15) is 13.6 Å². The highest BCUT2D eigenvalue weighted by atomic mass is 19.2. The van der Waals surface area contributed by atoms with Crippen LogP contribution in [0.25, 0.3) is 11.0 Å². The molecule has 4 nitrogen and oxygen atoms in total. The van der Waals surface area contributed by atoms with E-state index in [1.807, 2.05) is 25.2 Å². The van der Waals surface area contributed by atoms with E-state index in [0.717, 1.165) is 34.6 Å². The number of nitrogens with one attached hydrogen (secondary N) is 1. The molecule has 4 rings (SSSR count). The minimum absolute atomic E-state index is 0.0915. The summed E-state index contributed by atoms with van der Waals surface area (Å²) in [5, 5.41) is 2.72. The molecule has 3 aromatic rings. The molecule has 1 aliphatic rings. The zero-order chi connectivity index (χ0) is 17.6. The number of hydrogen-bond acceptors (Lipinski definition) is 2. The number of carbonyl (C=O) groups excluding carboxylic acids is 1. The molecule has 1 saturated carbocycles. The van der Waals surface area contributed by atoms with Crippen LogP contribution in [-0.4, -0.2) is 15.5 Å². The SMILES string of the molecule is Cn1c(C2CC2)nc2cc(CNC(=O)c3ccc(F)c(F)c3)ccc21. The molecule has 128 valence electrons. The van der Waals surface area contributed by atoms with Gasteiger partial charge in [-0.15, -0.1) is 0 Å². The first kappa shape index (κ1) is 15.7. The topological polar surface area (TPSA) is 46.9 Å². The Morgan fingerprint density at radius 1 is 1.20 bits per heavy atom. The van der Waals surface area contributed by atoms with Crippen LogP contribution in [0.3, 0.4) is 0 Å². The highest BCUT2D eigenvalue weighted by molar-refractivity contribution is 5.94. The van der Waals surface area contributed by atoms with E-state index in [1.165, 1.54) is 18.9 Å². The van der Waals surface area contributed by atoms with Gasteiger partial charge in [-0.25, -0.2) is 13.8 Å². The van der Waals surface area contributed by atoms with Crippen molar-refractivity contribution in [2.24, 2.45) is 7.05 Å². The van der Waals surface area contributed by atoms with Gasteiger partial charge in [-0.05, 0) is 48.7 Å². The average molecular weight is 341 g/mol. The molecule has 0 unspecified atom stereocenters. The van der Waals surface area contributed by atoms with Crippen molar-refractivity contribution in [2.45, 2.75) is 25.3 Å². The predicted molar refractivity (Wildman–Crippen MR) is 90.2 cm³/mol. The molecule has 1 fully saturated rings. The van der Waals surface area contributed by atoms with Crippen molar-refractivity contribution in [1.82, 2.24) is 14.9 Å². The number of fused-ring (bicyclic) bond motifs is 1. The molecule has 1 N–H and O–H groups in total. The fraction of sp³-hybridized carbons (Fsp3) is 0.263. The van der Waals surface area contributed by atoms with E-state index in [2.05, 4.69) is 9.88 Å². The van der Waals surface area contributed by atoms with Gasteiger partial charge in [0.25, 0.3) is 5.91 Å². The van der Waals surface area contributed by atoms with E-state index in [-0.39, 0.29) is 5.56 Å². The van der Waals surface area contributed by atoms with Gasteiger partial charge in [-0.3, -0.25) is 4.79 Å². The molecule has 1 aromatic heterocycles. The monoisotopic (exact) mass is 341 g/mol. The number of benzene rings is 2. The number of hydrogen-bond donors (Lipinski definition) is 1. The van der Waals surface area contributed by atoms with Crippen LogP contribution in [0.5, 0.6) is 0 Å². The van der Waals surface area contributed by atoms with Crippen molar-refractivity contribution in [3.8, 4) is 0 Å². The van der Waals surface area contributed by atoms with Crippen LogP contribution >= 0.6 is 0 Å². The number of amides is 1. The van der Waals surface area contributed by atoms with Crippen LogP contribution in [0.2, 0.25) is 0 Å². The highest BCUT2D eigenvalue weighted by Crippen LogP contribution is 2.40. The minimum Gasteiger partial charge on any atom is -0.348 e. The van der Waals surface area contributed by atoms with Gasteiger partial charge in [0, 0.05) is 25.1 Å². The molecular weight excluding hydrogens is 324 g/mol. The second-order valence-corrected chi connectivity index (χ2v) is 6.44. The van der Waals surface area contributed by atoms with Gasteiger partial charge in [0.1, 0.15) is 5.82 Å². The van der Waals surface area contributed by atoms with Gasteiger partial charge in [-0.1, -0.05) is 6.07 Å². The van der Waals surface area contributed by atoms with E-state index < -0.39 is 17.5 Å². The first-order valence-electron chi connectivity index (χ1n) is 8.21. The van der Waals surface area contributed by atoms with Crippen molar-refractivity contribution >= 4 is 16.9 Å². The summed E-state index contributed by atoms with van der Waals surface area (Å²) in [4.78, 5) is 16.8. The summed E-state index contributed by atoms with van der Waals surface area (Å²) in [6.45, 7) is 0.295. The number of imidazole rings is 1. The van der Waals surface area contributed by atoms with Gasteiger partial charge in [0.2, 0.25) is 0 Å². The maximum atomic E-state index is 13.2. The summed E-state index contributed by atoms with van der Waals surface area (Å²) in [5.74, 6) is -0.774. The van der Waals surface area contributed by atoms with Crippen molar-refractivity contribution in [2.75, 3.05) is 0 Å². The molecule has 1 aliphatic carbocycles. The number of halogens is 2. The molecule has 0 bridgehead atoms. The van der Waals surface area contributed by atoms with E-state index >= 15 is 0 Å². The maximum Gasteiger partial charge on any atom is 0.251 e. The molecule has 0 radical (unpaired) electrons. The van der Waals surface area contributed by atoms with Crippen molar-refractivity contribution < 1.29 is 13.6 Å². The summed E-state index contributed by atoms with van der Waals surface area (Å²) in [5.41, 5.74) is 2.97. The molecule has 0 spiro atoms. The van der Waals surface area contributed by atoms with Gasteiger partial charge in [0.05, 0.1) is 11.0 Å². The number of nitrogens with zero attached hydrogens (tertiary/aromatic N) is 2. The minimum atomic E-state index is -1.03. The Morgan fingerprint density at radius 2 is 2.00 bits per heavy atom. The van der Waals surface area contributed by atoms with Crippen LogP contribution in [0.15, 0.2) is 36.4 Å². The third-order valence-electron chi connectivity index (χ3n) is 4.56. The third-order valence-corrected chi connectivity index (χ3v) is 4.56. The van der Waals surface area contributed by atoms with Crippen LogP contribution in [-0.2, 0) is 13.6 Å². The maximum absolute atomic E-state index is 13.2. The predicted octanol–water partition coefficient (Wildman–Crippen LogP) is 3.66. The summed E-state index contributed by atoms with van der Waals surface area (Å²) in [6, 6.07) is 8.99. The highest BCUT2D eigenvalue weighted by Gasteiger charge is 2.28. The lowest BCUT2D eigenvalue weighted by Gasteiger charge is -2.06. The smallest absolute Gasteiger partial charge is 0.251 e. The van der Waals surface area contributed by atoms with Crippen LogP contribution in [0, 0.1) is 11.6 Å². The van der Waals surface area contributed by atoms with Crippen LogP contribution in [0.4, 0.5) is 8.78 Å². The normalized spacial score (nSPS) is 14.0. The summed E-state index contributed by atoms with van der Waals surface area (Å²) < 4.78 is 28.3. The quantitative estimate of drug-likeness (QED) is 0.787. The fourth-order valence-corrected chi connectivity index (χ4v) is 3.00. The van der Waals surface area contributed by atoms with Crippen LogP contribution in [0.1, 0.15) is 40.5 Å². The van der Waals surface area contributed by atoms with E-state index in [0.29, 0.717) is 12.5 Å². The molecule has 1 heterocycles. The summed E-state index contributed by atoms with van der Waals surface area (Å²) in [7, 11) is 2.02. The fourth-order valence-electron chi connectivity index (χ4n) is 3.00. The van der Waals surface area contributed by atoms with E-state index in [4.69, 9.17) is 4.98 Å². The Hall–Kier alpha value is -2.76. The van der Waals surface area contributed by atoms with Gasteiger partial charge in [-0.2, -0.15) is 0 Å². The number of rotatable bonds is 4. The Morgan fingerprint density at radius 3 is 2.72 bits per heavy atom. The Balaban J connectivity index is 1.50. The molecule has 25 heavy (non-hydrogen) atoms. The Labute approximate surface area is 143 Å². The second-order valence-electron chi connectivity index (χ2n) is 6.44. The van der Waals surface area contributed by atoms with Gasteiger partial charge < -0.3 is 9.88 Å². The Kier molecular flexibility index (Phi) is 3.75. The van der Waals surface area contributed by atoms with Gasteiger partial charge in [0.15, 0.2) is 11.6 Å². The molecular formula is C19H17F2N3O. The Bertz CT molecular complexity index is 976. The van der Waals surface area contributed by atoms with Crippen molar-refractivity contribution in [3.05, 3.63) is 65.0 Å². The first-order chi connectivity index (χ1) is 12.0. The van der Waals surface area contributed by atoms with Crippen molar-refractivity contribution in [3.63, 3.8) is 0 Å². The molecule has 0 aliphatic heterocycles. The third kappa shape index (κ3) is 2.99. The zero-order valence-corrected chi connectivity index (χ0v) is 13.7. The molecule has 2 aromatic carbocycles. The molecule has 1 amide bonds. The average Bonchev–Trinajstić information content (AvgIpc) is 3.39. The molecule has 0 atom stereocenters. The van der Waals surface area contributed by atoms with E-state index in [1.54, 1.807) is 0 Å². The number of aromatic nitrogens is 2. The zero-order valence-electron chi connectivity index (χ0n) is 13.7. The standard InChI is InChI=1S/C19H17F2N3O/c1-24-17-7-2-11(8-16(17)23-18(24)12-3-4-12)10-22-19(25)13-5-6-14(20)15(21)9-13/h2,5-9,12H,3-4,10H2,1H3,(H,22,25). The second kappa shape index (κ2) is 5.95. The summed E-state index contributed by atoms with van der Waals surface area (Å²) in [6.07, 6.45) is 2.38. The number of carbonyl (C=O) groups is 1. The van der Waals surface area contributed by atoms with Crippen molar-refractivity contribution in [1.29, 1.82) is 0 Å². The lowest BCUT2D eigenvalue weighted by Crippen LogP contribution is -2.23. The van der Waals surface area contributed by atoms with Gasteiger partial charge >= 0.3 is 0 Å². The molecule has 6 heteroatoms. The number of aryl methyl sites for hydroxylation is 1. The lowest BCUT2D eigenvalue weighted by atomic mass is 10.1. The lowest BCUT2D eigenvalue weighted by molar-refractivity contribution is 0.0950. The molecule has 0 saturated heterocycles. The largest absolute Gasteiger partial charge is 0.348 e. The van der Waals surface area contributed by atoms with Crippen LogP contribution < -0.4 is 5.32 Å².